The van der Waals surface area contributed by atoms with Crippen LogP contribution in [0.3, 0.4) is 0 Å². The van der Waals surface area contributed by atoms with E-state index in [-0.39, 0.29) is 18.3 Å². The molecule has 0 saturated heterocycles. The van der Waals surface area contributed by atoms with Crippen LogP contribution in [0.25, 0.3) is 0 Å². The molecule has 2 aromatic rings. The third-order valence-corrected chi connectivity index (χ3v) is 2.54. The van der Waals surface area contributed by atoms with Gasteiger partial charge in [0.05, 0.1) is 12.0 Å². The number of amides is 1. The maximum Gasteiger partial charge on any atom is 0.244 e. The lowest BCUT2D eigenvalue weighted by molar-refractivity contribution is -0.116. The fourth-order valence-electron chi connectivity index (χ4n) is 1.67. The summed E-state index contributed by atoms with van der Waals surface area (Å²) >= 11 is 0. The highest BCUT2D eigenvalue weighted by Crippen LogP contribution is 2.08. The van der Waals surface area contributed by atoms with Gasteiger partial charge in [0.2, 0.25) is 5.91 Å². The van der Waals surface area contributed by atoms with E-state index in [1.165, 1.54) is 24.3 Å². The zero-order chi connectivity index (χ0) is 13.7. The van der Waals surface area contributed by atoms with Crippen molar-refractivity contribution in [3.8, 4) is 0 Å². The third-order valence-electron chi connectivity index (χ3n) is 2.54. The quantitative estimate of drug-likeness (QED) is 0.849. The summed E-state index contributed by atoms with van der Waals surface area (Å²) in [5.41, 5.74) is 6.85. The number of hydrogen-bond acceptors (Lipinski definition) is 3. The van der Waals surface area contributed by atoms with Gasteiger partial charge in [-0.15, -0.1) is 0 Å². The Balaban J connectivity index is 1.91. The van der Waals surface area contributed by atoms with Crippen LogP contribution in [0, 0.1) is 5.82 Å². The third kappa shape index (κ3) is 3.89. The normalized spacial score (nSPS) is 10.4. The number of benzene rings is 1. The molecule has 0 radical (unpaired) electrons. The van der Waals surface area contributed by atoms with Crippen LogP contribution in [-0.4, -0.2) is 22.0 Å². The molecule has 3 N–H and O–H groups in total. The summed E-state index contributed by atoms with van der Waals surface area (Å²) in [4.78, 5) is 15.9. The van der Waals surface area contributed by atoms with Crippen LogP contribution in [0.5, 0.6) is 0 Å². The first-order valence-corrected chi connectivity index (χ1v) is 5.93. The summed E-state index contributed by atoms with van der Waals surface area (Å²) in [6, 6.07) is 5.63. The van der Waals surface area contributed by atoms with Gasteiger partial charge in [0.1, 0.15) is 12.4 Å². The smallest absolute Gasteiger partial charge is 0.244 e. The zero-order valence-corrected chi connectivity index (χ0v) is 10.3. The number of rotatable bonds is 5. The van der Waals surface area contributed by atoms with Gasteiger partial charge in [0.25, 0.3) is 0 Å². The largest absolute Gasteiger partial charge is 0.330 e. The summed E-state index contributed by atoms with van der Waals surface area (Å²) in [5.74, 6) is -0.526. The molecule has 100 valence electrons. The van der Waals surface area contributed by atoms with Crippen LogP contribution in [-0.2, 0) is 17.8 Å². The predicted octanol–water partition coefficient (Wildman–Crippen LogP) is 1.16. The molecule has 0 unspecified atom stereocenters. The predicted molar refractivity (Wildman–Crippen MR) is 70.0 cm³/mol. The van der Waals surface area contributed by atoms with Gasteiger partial charge in [0.15, 0.2) is 0 Å². The number of halogens is 1. The number of carbonyl (C=O) groups is 1. The molecule has 1 aromatic carbocycles. The zero-order valence-electron chi connectivity index (χ0n) is 10.3. The molecular weight excluding hydrogens is 247 g/mol. The Morgan fingerprint density at radius 3 is 2.79 bits per heavy atom. The minimum absolute atomic E-state index is 0.162. The minimum Gasteiger partial charge on any atom is -0.330 e. The lowest BCUT2D eigenvalue weighted by atomic mass is 10.3. The Morgan fingerprint density at radius 1 is 1.37 bits per heavy atom. The average Bonchev–Trinajstić information content (AvgIpc) is 2.80. The van der Waals surface area contributed by atoms with E-state index in [0.29, 0.717) is 18.7 Å². The van der Waals surface area contributed by atoms with E-state index in [4.69, 9.17) is 5.73 Å². The van der Waals surface area contributed by atoms with Gasteiger partial charge in [-0.1, -0.05) is 0 Å². The molecule has 0 saturated carbocycles. The van der Waals surface area contributed by atoms with Crippen LogP contribution < -0.4 is 11.1 Å². The van der Waals surface area contributed by atoms with E-state index in [9.17, 15) is 9.18 Å². The molecular formula is C13H15FN4O. The maximum atomic E-state index is 12.7. The SMILES string of the molecule is NCCc1cn(CC(=O)Nc2ccc(F)cc2)cn1. The van der Waals surface area contributed by atoms with Crippen molar-refractivity contribution in [2.24, 2.45) is 5.73 Å². The van der Waals surface area contributed by atoms with Gasteiger partial charge >= 0.3 is 0 Å². The molecule has 0 aliphatic rings. The van der Waals surface area contributed by atoms with Gasteiger partial charge in [-0.25, -0.2) is 9.37 Å². The van der Waals surface area contributed by atoms with Crippen molar-refractivity contribution in [3.05, 3.63) is 48.3 Å². The first kappa shape index (κ1) is 13.2. The molecule has 0 spiro atoms. The van der Waals surface area contributed by atoms with Crippen molar-refractivity contribution >= 4 is 11.6 Å². The molecule has 0 bridgehead atoms. The Bertz CT molecular complexity index is 550. The number of hydrogen-bond donors (Lipinski definition) is 2. The molecule has 1 aromatic heterocycles. The molecule has 6 heteroatoms. The highest BCUT2D eigenvalue weighted by Gasteiger charge is 2.05. The number of carbonyl (C=O) groups excluding carboxylic acids is 1. The summed E-state index contributed by atoms with van der Waals surface area (Å²) in [6.45, 7) is 0.688. The van der Waals surface area contributed by atoms with Crippen molar-refractivity contribution in [2.45, 2.75) is 13.0 Å². The van der Waals surface area contributed by atoms with E-state index in [1.807, 2.05) is 0 Å². The molecule has 0 aliphatic heterocycles. The topological polar surface area (TPSA) is 72.9 Å². The first-order chi connectivity index (χ1) is 9.17. The number of anilines is 1. The Kier molecular flexibility index (Phi) is 4.25. The second kappa shape index (κ2) is 6.10. The van der Waals surface area contributed by atoms with E-state index in [2.05, 4.69) is 10.3 Å². The van der Waals surface area contributed by atoms with Gasteiger partial charge < -0.3 is 15.6 Å². The summed E-state index contributed by atoms with van der Waals surface area (Å²) in [5, 5.41) is 2.68. The van der Waals surface area contributed by atoms with Gasteiger partial charge in [-0.2, -0.15) is 0 Å². The molecule has 1 heterocycles. The van der Waals surface area contributed by atoms with Crippen molar-refractivity contribution in [1.29, 1.82) is 0 Å². The maximum absolute atomic E-state index is 12.7. The average molecular weight is 262 g/mol. The van der Waals surface area contributed by atoms with Crippen LogP contribution in [0.4, 0.5) is 10.1 Å². The molecule has 0 atom stereocenters. The summed E-state index contributed by atoms with van der Waals surface area (Å²) in [6.07, 6.45) is 4.07. The number of imidazole rings is 1. The summed E-state index contributed by atoms with van der Waals surface area (Å²) < 4.78 is 14.4. The fraction of sp³-hybridized carbons (Fsp3) is 0.231. The second-order valence-electron chi connectivity index (χ2n) is 4.13. The Hall–Kier alpha value is -2.21. The number of aromatic nitrogens is 2. The van der Waals surface area contributed by atoms with Crippen molar-refractivity contribution in [2.75, 3.05) is 11.9 Å². The molecule has 2 rings (SSSR count). The van der Waals surface area contributed by atoms with E-state index in [0.717, 1.165) is 5.69 Å². The monoisotopic (exact) mass is 262 g/mol. The molecule has 0 aliphatic carbocycles. The highest BCUT2D eigenvalue weighted by atomic mass is 19.1. The van der Waals surface area contributed by atoms with Gasteiger partial charge in [-0.3, -0.25) is 4.79 Å². The van der Waals surface area contributed by atoms with Crippen LogP contribution in [0.15, 0.2) is 36.8 Å². The standard InChI is InChI=1S/C13H15FN4O/c14-10-1-3-11(4-2-10)17-13(19)8-18-7-12(5-6-15)16-9-18/h1-4,7,9H,5-6,8,15H2,(H,17,19). The first-order valence-electron chi connectivity index (χ1n) is 5.93. The molecule has 1 amide bonds. The Labute approximate surface area is 110 Å². The number of nitrogens with two attached hydrogens (primary N) is 1. The van der Waals surface area contributed by atoms with E-state index in [1.54, 1.807) is 17.1 Å². The van der Waals surface area contributed by atoms with E-state index >= 15 is 0 Å². The lowest BCUT2D eigenvalue weighted by Gasteiger charge is -2.05. The van der Waals surface area contributed by atoms with Crippen molar-refractivity contribution in [3.63, 3.8) is 0 Å². The lowest BCUT2D eigenvalue weighted by Crippen LogP contribution is -2.17. The van der Waals surface area contributed by atoms with Crippen molar-refractivity contribution < 1.29 is 9.18 Å². The van der Waals surface area contributed by atoms with Crippen LogP contribution in [0.1, 0.15) is 5.69 Å². The molecule has 5 nitrogen and oxygen atoms in total. The number of nitrogens with zero attached hydrogens (tertiary/aromatic N) is 2. The van der Waals surface area contributed by atoms with E-state index < -0.39 is 0 Å². The fourth-order valence-corrected chi connectivity index (χ4v) is 1.67. The highest BCUT2D eigenvalue weighted by molar-refractivity contribution is 5.90. The Morgan fingerprint density at radius 2 is 2.11 bits per heavy atom. The van der Waals surface area contributed by atoms with Crippen LogP contribution >= 0.6 is 0 Å². The van der Waals surface area contributed by atoms with Gasteiger partial charge in [0, 0.05) is 18.3 Å². The van der Waals surface area contributed by atoms with Crippen LogP contribution in [0.2, 0.25) is 0 Å². The number of nitrogens with one attached hydrogen (secondary N) is 1. The second-order valence-corrected chi connectivity index (χ2v) is 4.13. The minimum atomic E-state index is -0.334. The van der Waals surface area contributed by atoms with Gasteiger partial charge in [-0.05, 0) is 30.8 Å². The molecule has 19 heavy (non-hydrogen) atoms. The van der Waals surface area contributed by atoms with Crippen molar-refractivity contribution in [1.82, 2.24) is 9.55 Å². The summed E-state index contributed by atoms with van der Waals surface area (Å²) in [7, 11) is 0. The molecule has 0 fully saturated rings.